The molecule has 280 valence electrons. The second-order valence-electron chi connectivity index (χ2n) is 12.6. The molecule has 0 aromatic carbocycles. The van der Waals surface area contributed by atoms with Crippen molar-refractivity contribution in [3.63, 3.8) is 0 Å². The molecule has 1 aliphatic heterocycles. The average Bonchev–Trinajstić information content (AvgIpc) is 3.07. The number of Topliss-reactive ketones (excluding diaryl/α,β-unsaturated/α-hetero) is 1. The molecule has 2 amide bonds. The van der Waals surface area contributed by atoms with Crippen LogP contribution in [-0.2, 0) is 38.1 Å². The molecule has 0 unspecified atom stereocenters. The third-order valence-electron chi connectivity index (χ3n) is 8.43. The van der Waals surface area contributed by atoms with E-state index in [4.69, 9.17) is 35.2 Å². The highest BCUT2D eigenvalue weighted by Crippen LogP contribution is 2.29. The molecular weight excluding hydrogens is 648 g/mol. The Kier molecular flexibility index (Phi) is 18.9. The van der Waals surface area contributed by atoms with Crippen molar-refractivity contribution in [2.45, 2.75) is 77.8 Å². The van der Waals surface area contributed by atoms with Gasteiger partial charge >= 0.3 is 6.09 Å². The zero-order chi connectivity index (χ0) is 37.2. The summed E-state index contributed by atoms with van der Waals surface area (Å²) in [5.74, 6) is -2.19. The molecule has 6 atom stereocenters. The van der Waals surface area contributed by atoms with Gasteiger partial charge in [-0.2, -0.15) is 0 Å². The lowest BCUT2D eigenvalue weighted by atomic mass is 9.85. The van der Waals surface area contributed by atoms with Crippen molar-refractivity contribution in [3.8, 4) is 0 Å². The van der Waals surface area contributed by atoms with Gasteiger partial charge in [-0.15, -0.1) is 0 Å². The fraction of sp³-hybridized carbons (Fsp3) is 0.611. The molecule has 0 saturated carbocycles. The second-order valence-corrected chi connectivity index (χ2v) is 12.6. The summed E-state index contributed by atoms with van der Waals surface area (Å²) in [4.78, 5) is 52.2. The minimum Gasteiger partial charge on any atom is -0.439 e. The first-order valence-electron chi connectivity index (χ1n) is 17.0. The van der Waals surface area contributed by atoms with Crippen LogP contribution in [0.5, 0.6) is 0 Å². The number of nitrogens with two attached hydrogens (primary N) is 2. The number of aliphatic hydroxyl groups is 1. The topological polar surface area (TPSA) is 211 Å². The van der Waals surface area contributed by atoms with Gasteiger partial charge in [0.25, 0.3) is 5.91 Å². The SMILES string of the molecule is CO[C@@H]1/C=C\C=C(\C)C(=O)NC2=CC(=O)C(NCCCOCCOCCCN)=C(C[C@H](C)C[C@@H](OC)[C@@H](O)[C@H](C)/C=C(/C)[C@H]1OC(N)=O)C2=O. The Morgan fingerprint density at radius 2 is 1.72 bits per heavy atom. The minimum atomic E-state index is -1.01. The number of hydrogen-bond donors (Lipinski definition) is 5. The van der Waals surface area contributed by atoms with E-state index < -0.39 is 53.9 Å². The van der Waals surface area contributed by atoms with Crippen molar-refractivity contribution in [3.05, 3.63) is 58.5 Å². The predicted molar refractivity (Wildman–Crippen MR) is 187 cm³/mol. The summed E-state index contributed by atoms with van der Waals surface area (Å²) in [7, 11) is 2.92. The van der Waals surface area contributed by atoms with Gasteiger partial charge in [0.05, 0.1) is 36.8 Å². The van der Waals surface area contributed by atoms with Gasteiger partial charge in [-0.1, -0.05) is 38.2 Å². The average molecular weight is 705 g/mol. The number of aliphatic hydroxyl groups excluding tert-OH is 1. The Hall–Kier alpha value is -3.66. The van der Waals surface area contributed by atoms with E-state index in [1.807, 2.05) is 6.92 Å². The van der Waals surface area contributed by atoms with E-state index in [-0.39, 0.29) is 34.9 Å². The van der Waals surface area contributed by atoms with Crippen LogP contribution in [0.3, 0.4) is 0 Å². The predicted octanol–water partition coefficient (Wildman–Crippen LogP) is 2.12. The summed E-state index contributed by atoms with van der Waals surface area (Å²) >= 11 is 0. The number of fused-ring (bicyclic) bond motifs is 2. The lowest BCUT2D eigenvalue weighted by Crippen LogP contribution is -2.38. The number of primary amides is 1. The molecular formula is C36H56N4O10. The van der Waals surface area contributed by atoms with Crippen molar-refractivity contribution >= 4 is 23.6 Å². The number of carbonyl (C=O) groups is 4. The molecule has 14 heteroatoms. The molecule has 1 aliphatic carbocycles. The first-order valence-corrected chi connectivity index (χ1v) is 17.0. The quantitative estimate of drug-likeness (QED) is 0.100. The third-order valence-corrected chi connectivity index (χ3v) is 8.43. The highest BCUT2D eigenvalue weighted by atomic mass is 16.6. The van der Waals surface area contributed by atoms with Crippen LogP contribution in [0.4, 0.5) is 4.79 Å². The fourth-order valence-corrected chi connectivity index (χ4v) is 5.67. The molecule has 2 aliphatic rings. The summed E-state index contributed by atoms with van der Waals surface area (Å²) < 4.78 is 27.7. The first kappa shape index (κ1) is 42.5. The van der Waals surface area contributed by atoms with E-state index in [0.717, 1.165) is 12.5 Å². The van der Waals surface area contributed by atoms with Gasteiger partial charge in [0.15, 0.2) is 6.10 Å². The molecule has 0 aromatic heterocycles. The van der Waals surface area contributed by atoms with Crippen LogP contribution in [0.15, 0.2) is 58.5 Å². The van der Waals surface area contributed by atoms with Crippen LogP contribution in [0.2, 0.25) is 0 Å². The van der Waals surface area contributed by atoms with E-state index in [2.05, 4.69) is 10.6 Å². The molecule has 7 N–H and O–H groups in total. The molecule has 1 heterocycles. The fourth-order valence-electron chi connectivity index (χ4n) is 5.67. The lowest BCUT2D eigenvalue weighted by Gasteiger charge is -2.30. The second kappa shape index (κ2) is 22.2. The van der Waals surface area contributed by atoms with Crippen molar-refractivity contribution in [2.75, 3.05) is 53.7 Å². The normalized spacial score (nSPS) is 28.6. The molecule has 0 fully saturated rings. The number of carbonyl (C=O) groups excluding carboxylic acids is 4. The highest BCUT2D eigenvalue weighted by molar-refractivity contribution is 6.23. The van der Waals surface area contributed by atoms with Crippen molar-refractivity contribution in [1.29, 1.82) is 0 Å². The van der Waals surface area contributed by atoms with Crippen LogP contribution < -0.4 is 22.1 Å². The summed E-state index contributed by atoms with van der Waals surface area (Å²) in [5.41, 5.74) is 11.9. The van der Waals surface area contributed by atoms with E-state index >= 15 is 0 Å². The third kappa shape index (κ3) is 13.6. The number of nitrogens with one attached hydrogen (secondary N) is 2. The Morgan fingerprint density at radius 3 is 2.34 bits per heavy atom. The molecule has 2 rings (SSSR count). The molecule has 0 saturated heterocycles. The van der Waals surface area contributed by atoms with Crippen molar-refractivity contribution in [1.82, 2.24) is 10.6 Å². The van der Waals surface area contributed by atoms with Crippen LogP contribution in [-0.4, -0.2) is 107 Å². The maximum atomic E-state index is 13.8. The largest absolute Gasteiger partial charge is 0.439 e. The maximum Gasteiger partial charge on any atom is 0.405 e. The van der Waals surface area contributed by atoms with Crippen LogP contribution in [0.25, 0.3) is 0 Å². The van der Waals surface area contributed by atoms with Gasteiger partial charge in [-0.25, -0.2) is 4.79 Å². The monoisotopic (exact) mass is 704 g/mol. The van der Waals surface area contributed by atoms with Gasteiger partial charge in [-0.05, 0) is 57.6 Å². The van der Waals surface area contributed by atoms with E-state index in [1.165, 1.54) is 20.3 Å². The van der Waals surface area contributed by atoms with Gasteiger partial charge < -0.3 is 50.9 Å². The smallest absolute Gasteiger partial charge is 0.405 e. The number of methoxy groups -OCH3 is 2. The van der Waals surface area contributed by atoms with Gasteiger partial charge in [-0.3, -0.25) is 14.4 Å². The number of rotatable bonds is 14. The zero-order valence-electron chi connectivity index (χ0n) is 30.2. The number of allylic oxidation sites excluding steroid dienone is 4. The number of ketones is 2. The van der Waals surface area contributed by atoms with E-state index in [0.29, 0.717) is 57.9 Å². The standard InChI is InChI=1S/C36H56N4O10/c1-22-18-26-31(39-13-9-15-49-17-16-48-14-8-12-37)28(41)21-27(33(26)43)40-35(44)23(2)10-7-11-29(46-5)34(50-36(38)45)25(4)20-24(3)32(42)30(19-22)47-6/h7,10-11,20-22,24,29-30,32,34,39,42H,8-9,12-19,37H2,1-6H3,(H2,38,45)(H,40,44)/b11-7-,23-10-,25-20-/t22-,24+,29+,30+,32-,34+/m0/s1. The van der Waals surface area contributed by atoms with Gasteiger partial charge in [0.1, 0.15) is 6.10 Å². The number of ether oxygens (including phenoxy) is 5. The van der Waals surface area contributed by atoms with Crippen LogP contribution in [0.1, 0.15) is 53.4 Å². The molecule has 14 nitrogen and oxygen atoms in total. The summed E-state index contributed by atoms with van der Waals surface area (Å²) in [6, 6.07) is 0. The number of hydrogen-bond acceptors (Lipinski definition) is 12. The Morgan fingerprint density at radius 1 is 1.04 bits per heavy atom. The van der Waals surface area contributed by atoms with Gasteiger partial charge in [0, 0.05) is 57.1 Å². The minimum absolute atomic E-state index is 0.137. The molecule has 2 bridgehead atoms. The molecule has 0 aromatic rings. The lowest BCUT2D eigenvalue weighted by molar-refractivity contribution is -0.120. The Labute approximate surface area is 295 Å². The Balaban J connectivity index is 2.40. The summed E-state index contributed by atoms with van der Waals surface area (Å²) in [6.07, 6.45) is 5.06. The first-order chi connectivity index (χ1) is 23.8. The maximum absolute atomic E-state index is 13.8. The number of amides is 2. The summed E-state index contributed by atoms with van der Waals surface area (Å²) in [6.45, 7) is 9.82. The molecule has 0 spiro atoms. The van der Waals surface area contributed by atoms with Crippen molar-refractivity contribution < 1.29 is 48.0 Å². The van der Waals surface area contributed by atoms with Gasteiger partial charge in [0.2, 0.25) is 11.6 Å². The van der Waals surface area contributed by atoms with Crippen LogP contribution in [0, 0.1) is 11.8 Å². The van der Waals surface area contributed by atoms with Crippen LogP contribution >= 0.6 is 0 Å². The Bertz CT molecular complexity index is 1320. The highest BCUT2D eigenvalue weighted by Gasteiger charge is 2.33. The molecule has 0 radical (unpaired) electrons. The zero-order valence-corrected chi connectivity index (χ0v) is 30.2. The van der Waals surface area contributed by atoms with E-state index in [9.17, 15) is 24.3 Å². The van der Waals surface area contributed by atoms with E-state index in [1.54, 1.807) is 39.0 Å². The summed E-state index contributed by atoms with van der Waals surface area (Å²) in [5, 5.41) is 17.1. The molecule has 50 heavy (non-hydrogen) atoms. The van der Waals surface area contributed by atoms with Crippen molar-refractivity contribution in [2.24, 2.45) is 23.3 Å².